The number of rotatable bonds is 4. The summed E-state index contributed by atoms with van der Waals surface area (Å²) in [5.41, 5.74) is 1.51. The Labute approximate surface area is 186 Å². The second-order valence-electron chi connectivity index (χ2n) is 8.34. The molecule has 7 nitrogen and oxygen atoms in total. The summed E-state index contributed by atoms with van der Waals surface area (Å²) in [5.74, 6) is -0.675. The molecule has 0 spiro atoms. The van der Waals surface area contributed by atoms with E-state index < -0.39 is 17.5 Å². The monoisotopic (exact) mass is 428 g/mol. The predicted octanol–water partition coefficient (Wildman–Crippen LogP) is 2.89. The molecule has 3 heterocycles. The Morgan fingerprint density at radius 1 is 0.969 bits per heavy atom. The highest BCUT2D eigenvalue weighted by Crippen LogP contribution is 2.33. The molecule has 0 bridgehead atoms. The highest BCUT2D eigenvalue weighted by atomic mass is 16.2. The van der Waals surface area contributed by atoms with E-state index >= 15 is 0 Å². The topological polar surface area (TPSA) is 74.7 Å². The van der Waals surface area contributed by atoms with Crippen LogP contribution in [0.25, 0.3) is 0 Å². The van der Waals surface area contributed by atoms with Gasteiger partial charge in [0.25, 0.3) is 5.91 Å². The number of urea groups is 1. The first-order valence-electron chi connectivity index (χ1n) is 10.7. The number of imide groups is 1. The van der Waals surface area contributed by atoms with Crippen molar-refractivity contribution in [2.45, 2.75) is 25.0 Å². The van der Waals surface area contributed by atoms with Crippen molar-refractivity contribution in [2.75, 3.05) is 13.1 Å². The van der Waals surface area contributed by atoms with E-state index in [0.717, 1.165) is 16.2 Å². The van der Waals surface area contributed by atoms with Crippen LogP contribution in [-0.2, 0) is 21.7 Å². The summed E-state index contributed by atoms with van der Waals surface area (Å²) in [6, 6.07) is 22.1. The maximum atomic E-state index is 13.5. The van der Waals surface area contributed by atoms with E-state index in [9.17, 15) is 14.4 Å². The second-order valence-corrected chi connectivity index (χ2v) is 8.34. The third-order valence-corrected chi connectivity index (χ3v) is 6.39. The number of hydrogen-bond acceptors (Lipinski definition) is 3. The average Bonchev–Trinajstić information content (AvgIpc) is 3.38. The Morgan fingerprint density at radius 3 is 2.38 bits per heavy atom. The van der Waals surface area contributed by atoms with Crippen LogP contribution in [0, 0.1) is 0 Å². The molecular weight excluding hydrogens is 404 g/mol. The molecule has 2 aliphatic rings. The molecule has 1 aromatic heterocycles. The number of amides is 4. The molecule has 1 saturated heterocycles. The zero-order chi connectivity index (χ0) is 22.3. The van der Waals surface area contributed by atoms with Crippen molar-refractivity contribution in [3.63, 3.8) is 0 Å². The SMILES string of the molecule is CC1(c2ccccc2)NC(=O)N(CC(=O)N2CCn3cccc3C2c2ccccc2)C1=O. The first-order chi connectivity index (χ1) is 15.5. The van der Waals surface area contributed by atoms with E-state index in [1.165, 1.54) is 0 Å². The Kier molecular flexibility index (Phi) is 4.81. The molecule has 5 rings (SSSR count). The molecular formula is C25H24N4O3. The van der Waals surface area contributed by atoms with Crippen molar-refractivity contribution in [3.8, 4) is 0 Å². The zero-order valence-electron chi connectivity index (χ0n) is 17.8. The van der Waals surface area contributed by atoms with Crippen LogP contribution in [0.5, 0.6) is 0 Å². The van der Waals surface area contributed by atoms with Crippen molar-refractivity contribution < 1.29 is 14.4 Å². The van der Waals surface area contributed by atoms with Gasteiger partial charge in [0.2, 0.25) is 5.91 Å². The molecule has 2 unspecified atom stereocenters. The maximum absolute atomic E-state index is 13.5. The Balaban J connectivity index is 1.42. The minimum Gasteiger partial charge on any atom is -0.348 e. The standard InChI is InChI=1S/C25H24N4O3/c1-25(19-11-6-3-7-12-19)23(31)29(24(32)26-25)17-21(30)28-16-15-27-14-8-13-20(27)22(28)18-9-4-2-5-10-18/h2-14,22H,15-17H2,1H3,(H,26,32). The minimum atomic E-state index is -1.19. The molecule has 7 heteroatoms. The van der Waals surface area contributed by atoms with Crippen LogP contribution in [0.15, 0.2) is 79.0 Å². The Bertz CT molecular complexity index is 1170. The third-order valence-electron chi connectivity index (χ3n) is 6.39. The van der Waals surface area contributed by atoms with Gasteiger partial charge >= 0.3 is 6.03 Å². The zero-order valence-corrected chi connectivity index (χ0v) is 17.8. The lowest BCUT2D eigenvalue weighted by Gasteiger charge is -2.38. The van der Waals surface area contributed by atoms with Crippen LogP contribution in [0.3, 0.4) is 0 Å². The van der Waals surface area contributed by atoms with Gasteiger partial charge in [-0.05, 0) is 30.2 Å². The molecule has 1 N–H and O–H groups in total. The summed E-state index contributed by atoms with van der Waals surface area (Å²) in [6.07, 6.45) is 2.01. The summed E-state index contributed by atoms with van der Waals surface area (Å²) < 4.78 is 2.14. The first kappa shape index (κ1) is 20.1. The lowest BCUT2D eigenvalue weighted by Crippen LogP contribution is -2.48. The van der Waals surface area contributed by atoms with Gasteiger partial charge in [0.05, 0.1) is 6.04 Å². The quantitative estimate of drug-likeness (QED) is 0.650. The van der Waals surface area contributed by atoms with Crippen LogP contribution in [0.2, 0.25) is 0 Å². The fourth-order valence-corrected chi connectivity index (χ4v) is 4.67. The summed E-state index contributed by atoms with van der Waals surface area (Å²) in [6.45, 7) is 2.55. The fourth-order valence-electron chi connectivity index (χ4n) is 4.67. The smallest absolute Gasteiger partial charge is 0.325 e. The summed E-state index contributed by atoms with van der Waals surface area (Å²) >= 11 is 0. The van der Waals surface area contributed by atoms with Gasteiger partial charge in [0, 0.05) is 25.0 Å². The highest BCUT2D eigenvalue weighted by molar-refractivity contribution is 6.09. The molecule has 0 saturated carbocycles. The van der Waals surface area contributed by atoms with E-state index in [1.807, 2.05) is 66.9 Å². The molecule has 1 fully saturated rings. The van der Waals surface area contributed by atoms with Crippen LogP contribution >= 0.6 is 0 Å². The number of aromatic nitrogens is 1. The second kappa shape index (κ2) is 7.67. The van der Waals surface area contributed by atoms with E-state index in [0.29, 0.717) is 18.7 Å². The number of nitrogens with one attached hydrogen (secondary N) is 1. The van der Waals surface area contributed by atoms with Gasteiger partial charge in [-0.25, -0.2) is 4.79 Å². The number of hydrogen-bond donors (Lipinski definition) is 1. The molecule has 2 atom stereocenters. The van der Waals surface area contributed by atoms with Crippen molar-refractivity contribution in [3.05, 3.63) is 95.8 Å². The number of fused-ring (bicyclic) bond motifs is 1. The molecule has 32 heavy (non-hydrogen) atoms. The average molecular weight is 428 g/mol. The molecule has 3 aromatic rings. The van der Waals surface area contributed by atoms with Gasteiger partial charge in [0.1, 0.15) is 12.1 Å². The van der Waals surface area contributed by atoms with E-state index in [-0.39, 0.29) is 18.5 Å². The molecule has 2 aliphatic heterocycles. The fraction of sp³-hybridized carbons (Fsp3) is 0.240. The lowest BCUT2D eigenvalue weighted by molar-refractivity contribution is -0.140. The molecule has 0 radical (unpaired) electrons. The van der Waals surface area contributed by atoms with Gasteiger partial charge in [-0.1, -0.05) is 60.7 Å². The lowest BCUT2D eigenvalue weighted by atomic mass is 9.92. The maximum Gasteiger partial charge on any atom is 0.325 e. The van der Waals surface area contributed by atoms with Crippen LogP contribution < -0.4 is 5.32 Å². The van der Waals surface area contributed by atoms with Gasteiger partial charge in [-0.15, -0.1) is 0 Å². The largest absolute Gasteiger partial charge is 0.348 e. The van der Waals surface area contributed by atoms with Crippen molar-refractivity contribution >= 4 is 17.8 Å². The van der Waals surface area contributed by atoms with Gasteiger partial charge < -0.3 is 14.8 Å². The van der Waals surface area contributed by atoms with Crippen LogP contribution in [0.1, 0.15) is 29.8 Å². The molecule has 162 valence electrons. The summed E-state index contributed by atoms with van der Waals surface area (Å²) in [7, 11) is 0. The third kappa shape index (κ3) is 3.17. The molecule has 2 aromatic carbocycles. The summed E-state index contributed by atoms with van der Waals surface area (Å²) in [4.78, 5) is 42.2. The number of carbonyl (C=O) groups excluding carboxylic acids is 3. The Hall–Kier alpha value is -3.87. The minimum absolute atomic E-state index is 0.257. The van der Waals surface area contributed by atoms with Gasteiger partial charge in [-0.2, -0.15) is 0 Å². The summed E-state index contributed by atoms with van der Waals surface area (Å²) in [5, 5.41) is 2.77. The number of nitrogens with zero attached hydrogens (tertiary/aromatic N) is 3. The Morgan fingerprint density at radius 2 is 1.66 bits per heavy atom. The number of carbonyl (C=O) groups is 3. The normalized spacial score (nSPS) is 22.6. The van der Waals surface area contributed by atoms with Crippen LogP contribution in [0.4, 0.5) is 4.79 Å². The molecule has 4 amide bonds. The van der Waals surface area contributed by atoms with Gasteiger partial charge in [0.15, 0.2) is 0 Å². The molecule has 0 aliphatic carbocycles. The van der Waals surface area contributed by atoms with Crippen LogP contribution in [-0.4, -0.2) is 45.3 Å². The highest BCUT2D eigenvalue weighted by Gasteiger charge is 2.50. The van der Waals surface area contributed by atoms with Crippen molar-refractivity contribution in [1.82, 2.24) is 19.7 Å². The van der Waals surface area contributed by atoms with E-state index in [4.69, 9.17) is 0 Å². The van der Waals surface area contributed by atoms with E-state index in [1.54, 1.807) is 24.0 Å². The van der Waals surface area contributed by atoms with Gasteiger partial charge in [-0.3, -0.25) is 14.5 Å². The van der Waals surface area contributed by atoms with Crippen molar-refractivity contribution in [1.29, 1.82) is 0 Å². The number of benzene rings is 2. The predicted molar refractivity (Wildman–Crippen MR) is 118 cm³/mol. The van der Waals surface area contributed by atoms with Crippen molar-refractivity contribution in [2.24, 2.45) is 0 Å². The first-order valence-corrected chi connectivity index (χ1v) is 10.7. The van der Waals surface area contributed by atoms with E-state index in [2.05, 4.69) is 9.88 Å².